The maximum absolute atomic E-state index is 11.8. The summed E-state index contributed by atoms with van der Waals surface area (Å²) in [5.74, 6) is 0.558. The van der Waals surface area contributed by atoms with Crippen LogP contribution >= 0.6 is 0 Å². The number of nitrogens with two attached hydrogens (primary N) is 1. The highest BCUT2D eigenvalue weighted by molar-refractivity contribution is 5.96. The van der Waals surface area contributed by atoms with Crippen LogP contribution in [0.5, 0.6) is 5.75 Å². The molecule has 0 fully saturated rings. The van der Waals surface area contributed by atoms with Crippen molar-refractivity contribution < 1.29 is 9.53 Å². The van der Waals surface area contributed by atoms with Crippen molar-refractivity contribution in [2.45, 2.75) is 26.8 Å². The number of anilines is 1. The smallest absolute Gasteiger partial charge is 0.241 e. The monoisotopic (exact) mass is 236 g/mol. The number of carbonyl (C=O) groups excluding carboxylic acids is 1. The molecule has 0 aliphatic rings. The zero-order valence-electron chi connectivity index (χ0n) is 10.8. The van der Waals surface area contributed by atoms with Crippen LogP contribution in [0.15, 0.2) is 18.2 Å². The number of rotatable bonds is 4. The number of amides is 1. The number of nitrogens with one attached hydrogen (secondary N) is 1. The van der Waals surface area contributed by atoms with Crippen molar-refractivity contribution in [3.05, 3.63) is 23.8 Å². The van der Waals surface area contributed by atoms with E-state index in [1.165, 1.54) is 0 Å². The first-order chi connectivity index (χ1) is 7.95. The first kappa shape index (κ1) is 13.5. The standard InChI is InChI=1S/C13H20N2O2/c1-8(2)12(14)13(16)15-10-6-5-9(3)7-11(10)17-4/h5-8,12H,14H2,1-4H3,(H,15,16). The molecular formula is C13H20N2O2. The summed E-state index contributed by atoms with van der Waals surface area (Å²) in [6, 6.07) is 5.09. The fourth-order valence-corrected chi connectivity index (χ4v) is 1.42. The fraction of sp³-hybridized carbons (Fsp3) is 0.462. The Morgan fingerprint density at radius 3 is 2.59 bits per heavy atom. The lowest BCUT2D eigenvalue weighted by molar-refractivity contribution is -0.118. The van der Waals surface area contributed by atoms with Crippen molar-refractivity contribution in [2.75, 3.05) is 12.4 Å². The molecule has 0 bridgehead atoms. The van der Waals surface area contributed by atoms with Gasteiger partial charge >= 0.3 is 0 Å². The van der Waals surface area contributed by atoms with Crippen molar-refractivity contribution in [1.82, 2.24) is 0 Å². The number of aryl methyl sites for hydroxylation is 1. The van der Waals surface area contributed by atoms with Crippen molar-refractivity contribution in [2.24, 2.45) is 11.7 Å². The fourth-order valence-electron chi connectivity index (χ4n) is 1.42. The van der Waals surface area contributed by atoms with Gasteiger partial charge in [-0.1, -0.05) is 19.9 Å². The van der Waals surface area contributed by atoms with E-state index in [1.807, 2.05) is 39.0 Å². The molecule has 4 nitrogen and oxygen atoms in total. The number of hydrogen-bond donors (Lipinski definition) is 2. The third-order valence-corrected chi connectivity index (χ3v) is 2.64. The molecule has 4 heteroatoms. The van der Waals surface area contributed by atoms with Crippen LogP contribution in [0.25, 0.3) is 0 Å². The summed E-state index contributed by atoms with van der Waals surface area (Å²) in [6.07, 6.45) is 0. The maximum atomic E-state index is 11.8. The summed E-state index contributed by atoms with van der Waals surface area (Å²) in [7, 11) is 1.58. The minimum absolute atomic E-state index is 0.103. The Kier molecular flexibility index (Phi) is 4.52. The minimum Gasteiger partial charge on any atom is -0.495 e. The SMILES string of the molecule is COc1cc(C)ccc1NC(=O)C(N)C(C)C. The normalized spacial score (nSPS) is 12.4. The highest BCUT2D eigenvalue weighted by Crippen LogP contribution is 2.25. The van der Waals surface area contributed by atoms with Crippen LogP contribution in [0.1, 0.15) is 19.4 Å². The van der Waals surface area contributed by atoms with Crippen molar-refractivity contribution in [1.29, 1.82) is 0 Å². The van der Waals surface area contributed by atoms with E-state index in [-0.39, 0.29) is 11.8 Å². The summed E-state index contributed by atoms with van der Waals surface area (Å²) in [5.41, 5.74) is 7.51. The largest absolute Gasteiger partial charge is 0.495 e. The topological polar surface area (TPSA) is 64.3 Å². The molecule has 0 aromatic heterocycles. The third-order valence-electron chi connectivity index (χ3n) is 2.64. The minimum atomic E-state index is -0.513. The summed E-state index contributed by atoms with van der Waals surface area (Å²) in [4.78, 5) is 11.8. The van der Waals surface area contributed by atoms with Gasteiger partial charge in [-0.3, -0.25) is 4.79 Å². The highest BCUT2D eigenvalue weighted by atomic mass is 16.5. The third kappa shape index (κ3) is 3.46. The molecule has 1 atom stereocenters. The lowest BCUT2D eigenvalue weighted by atomic mass is 10.0. The molecule has 1 amide bonds. The zero-order chi connectivity index (χ0) is 13.0. The molecule has 3 N–H and O–H groups in total. The average Bonchev–Trinajstić information content (AvgIpc) is 2.30. The van der Waals surface area contributed by atoms with Gasteiger partial charge in [-0.2, -0.15) is 0 Å². The molecule has 0 aliphatic heterocycles. The molecule has 0 saturated heterocycles. The van der Waals surface area contributed by atoms with Crippen molar-refractivity contribution in [3.63, 3.8) is 0 Å². The van der Waals surface area contributed by atoms with E-state index in [0.29, 0.717) is 11.4 Å². The lowest BCUT2D eigenvalue weighted by Gasteiger charge is -2.17. The number of methoxy groups -OCH3 is 1. The molecule has 1 aromatic rings. The van der Waals surface area contributed by atoms with Crippen LogP contribution in [0.4, 0.5) is 5.69 Å². The molecule has 1 rings (SSSR count). The molecule has 1 aromatic carbocycles. The van der Waals surface area contributed by atoms with Gasteiger partial charge in [0.15, 0.2) is 0 Å². The van der Waals surface area contributed by atoms with Crippen LogP contribution in [-0.4, -0.2) is 19.1 Å². The van der Waals surface area contributed by atoms with Gasteiger partial charge in [-0.05, 0) is 30.5 Å². The highest BCUT2D eigenvalue weighted by Gasteiger charge is 2.18. The Bertz CT molecular complexity index is 402. The molecule has 1 unspecified atom stereocenters. The predicted octanol–water partition coefficient (Wildman–Crippen LogP) is 1.93. The van der Waals surface area contributed by atoms with Crippen molar-refractivity contribution in [3.8, 4) is 5.75 Å². The van der Waals surface area contributed by atoms with Gasteiger partial charge < -0.3 is 15.8 Å². The predicted molar refractivity (Wildman–Crippen MR) is 69.2 cm³/mol. The number of carbonyl (C=O) groups is 1. The summed E-state index contributed by atoms with van der Waals surface area (Å²) < 4.78 is 5.21. The number of hydrogen-bond acceptors (Lipinski definition) is 3. The average molecular weight is 236 g/mol. The van der Waals surface area contributed by atoms with Gasteiger partial charge in [0, 0.05) is 0 Å². The van der Waals surface area contributed by atoms with E-state index in [1.54, 1.807) is 7.11 Å². The van der Waals surface area contributed by atoms with Crippen LogP contribution in [0.3, 0.4) is 0 Å². The summed E-state index contributed by atoms with van der Waals surface area (Å²) >= 11 is 0. The van der Waals surface area contributed by atoms with Gasteiger partial charge in [0.25, 0.3) is 0 Å². The van der Waals surface area contributed by atoms with E-state index in [4.69, 9.17) is 10.5 Å². The molecule has 0 heterocycles. The van der Waals surface area contributed by atoms with E-state index in [0.717, 1.165) is 5.56 Å². The number of benzene rings is 1. The molecule has 17 heavy (non-hydrogen) atoms. The van der Waals surface area contributed by atoms with Crippen LogP contribution < -0.4 is 15.8 Å². The van der Waals surface area contributed by atoms with E-state index < -0.39 is 6.04 Å². The molecule has 0 aliphatic carbocycles. The van der Waals surface area contributed by atoms with Gasteiger partial charge in [0.05, 0.1) is 18.8 Å². The molecule has 94 valence electrons. The summed E-state index contributed by atoms with van der Waals surface area (Å²) in [5, 5.41) is 2.78. The van der Waals surface area contributed by atoms with Crippen LogP contribution in [0, 0.1) is 12.8 Å². The molecular weight excluding hydrogens is 216 g/mol. The zero-order valence-corrected chi connectivity index (χ0v) is 10.8. The first-order valence-electron chi connectivity index (χ1n) is 5.66. The Morgan fingerprint density at radius 2 is 2.06 bits per heavy atom. The Morgan fingerprint density at radius 1 is 1.41 bits per heavy atom. The van der Waals surface area contributed by atoms with Gasteiger partial charge in [-0.25, -0.2) is 0 Å². The van der Waals surface area contributed by atoms with E-state index in [2.05, 4.69) is 5.32 Å². The maximum Gasteiger partial charge on any atom is 0.241 e. The lowest BCUT2D eigenvalue weighted by Crippen LogP contribution is -2.39. The van der Waals surface area contributed by atoms with Crippen LogP contribution in [0.2, 0.25) is 0 Å². The molecule has 0 saturated carbocycles. The molecule has 0 spiro atoms. The second-order valence-electron chi connectivity index (χ2n) is 4.46. The van der Waals surface area contributed by atoms with Crippen LogP contribution in [-0.2, 0) is 4.79 Å². The Labute approximate surface area is 102 Å². The van der Waals surface area contributed by atoms with Gasteiger partial charge in [-0.15, -0.1) is 0 Å². The summed E-state index contributed by atoms with van der Waals surface area (Å²) in [6.45, 7) is 5.79. The first-order valence-corrected chi connectivity index (χ1v) is 5.66. The Hall–Kier alpha value is -1.55. The quantitative estimate of drug-likeness (QED) is 0.839. The van der Waals surface area contributed by atoms with E-state index >= 15 is 0 Å². The Balaban J connectivity index is 2.84. The van der Waals surface area contributed by atoms with Crippen molar-refractivity contribution >= 4 is 11.6 Å². The van der Waals surface area contributed by atoms with Gasteiger partial charge in [0.2, 0.25) is 5.91 Å². The van der Waals surface area contributed by atoms with Gasteiger partial charge in [0.1, 0.15) is 5.75 Å². The van der Waals surface area contributed by atoms with E-state index in [9.17, 15) is 4.79 Å². The number of ether oxygens (including phenoxy) is 1. The second-order valence-corrected chi connectivity index (χ2v) is 4.46. The second kappa shape index (κ2) is 5.68. The molecule has 0 radical (unpaired) electrons.